The van der Waals surface area contributed by atoms with Gasteiger partial charge in [0.15, 0.2) is 11.8 Å². The Morgan fingerprint density at radius 1 is 1.15 bits per heavy atom. The van der Waals surface area contributed by atoms with Crippen LogP contribution in [0.1, 0.15) is 71.1 Å². The van der Waals surface area contributed by atoms with Crippen molar-refractivity contribution in [1.29, 1.82) is 0 Å². The number of hydrogen-bond donors (Lipinski definition) is 2. The number of pyridine rings is 1. The van der Waals surface area contributed by atoms with Gasteiger partial charge in [-0.3, -0.25) is 0 Å². The standard InChI is InChI=1S/C30H47F5N6O4SSi/c1-18(45-19(2)30(33,34)35)23(39-46(43)28(3,4)5)26-38-25-22(41(26)17-44-13-14-47(6,7)8)12-11-21(37-25)24(20-9-10-20)40-16-29(31,32)15-36-27(40)42/h11-12,18-20,23-24,39H,9-10,13-17H2,1-8H3,(H,36,42)/t18-,19-,23+,24-,46?/m1/s1. The first-order valence-corrected chi connectivity index (χ1v) is 20.7. The topological polar surface area (TPSA) is 111 Å². The zero-order chi connectivity index (χ0) is 35.1. The number of fused-ring (bicyclic) bond motifs is 1. The maximum absolute atomic E-state index is 14.4. The third kappa shape index (κ3) is 9.70. The molecule has 266 valence electrons. The Hall–Kier alpha value is -2.21. The van der Waals surface area contributed by atoms with E-state index in [4.69, 9.17) is 19.4 Å². The van der Waals surface area contributed by atoms with Crippen molar-refractivity contribution in [3.63, 3.8) is 0 Å². The van der Waals surface area contributed by atoms with Gasteiger partial charge in [0.25, 0.3) is 5.92 Å². The molecular formula is C30H47F5N6O4SSi. The average molecular weight is 711 g/mol. The lowest BCUT2D eigenvalue weighted by atomic mass is 10.0. The summed E-state index contributed by atoms with van der Waals surface area (Å²) >= 11 is 0. The maximum Gasteiger partial charge on any atom is 0.414 e. The van der Waals surface area contributed by atoms with Crippen LogP contribution >= 0.6 is 0 Å². The van der Waals surface area contributed by atoms with Gasteiger partial charge in [-0.25, -0.2) is 32.5 Å². The van der Waals surface area contributed by atoms with Crippen LogP contribution in [0, 0.1) is 5.92 Å². The van der Waals surface area contributed by atoms with E-state index in [-0.39, 0.29) is 24.1 Å². The Kier molecular flexibility index (Phi) is 11.2. The summed E-state index contributed by atoms with van der Waals surface area (Å²) < 4.78 is 98.2. The number of amides is 2. The molecule has 2 aliphatic rings. The highest BCUT2D eigenvalue weighted by molar-refractivity contribution is 7.84. The molecule has 0 aromatic carbocycles. The quantitative estimate of drug-likeness (QED) is 0.135. The van der Waals surface area contributed by atoms with Gasteiger partial charge >= 0.3 is 12.2 Å². The van der Waals surface area contributed by atoms with Crippen LogP contribution in [0.4, 0.5) is 26.7 Å². The van der Waals surface area contributed by atoms with E-state index in [0.717, 1.165) is 30.7 Å². The fourth-order valence-electron chi connectivity index (χ4n) is 5.22. The summed E-state index contributed by atoms with van der Waals surface area (Å²) in [5, 5.41) is 2.27. The molecule has 2 amide bonds. The fourth-order valence-corrected chi connectivity index (χ4v) is 6.85. The lowest BCUT2D eigenvalue weighted by Crippen LogP contribution is -2.58. The lowest BCUT2D eigenvalue weighted by molar-refractivity contribution is -0.227. The summed E-state index contributed by atoms with van der Waals surface area (Å²) in [6, 6.07) is 1.81. The van der Waals surface area contributed by atoms with Crippen LogP contribution in [0.25, 0.3) is 11.2 Å². The highest BCUT2D eigenvalue weighted by Gasteiger charge is 2.47. The Labute approximate surface area is 276 Å². The average Bonchev–Trinajstić information content (AvgIpc) is 3.70. The molecule has 47 heavy (non-hydrogen) atoms. The summed E-state index contributed by atoms with van der Waals surface area (Å²) in [6.45, 7) is 13.1. The largest absolute Gasteiger partial charge is 0.414 e. The highest BCUT2D eigenvalue weighted by Crippen LogP contribution is 2.45. The van der Waals surface area contributed by atoms with Crippen molar-refractivity contribution in [2.45, 2.75) is 121 Å². The number of alkyl halides is 5. The molecule has 2 N–H and O–H groups in total. The summed E-state index contributed by atoms with van der Waals surface area (Å²) in [5.74, 6) is -2.98. The van der Waals surface area contributed by atoms with Gasteiger partial charge in [-0.1, -0.05) is 19.6 Å². The van der Waals surface area contributed by atoms with Crippen molar-refractivity contribution in [1.82, 2.24) is 29.5 Å². The molecule has 4 rings (SSSR count). The Bertz CT molecular complexity index is 1440. The first-order valence-electron chi connectivity index (χ1n) is 15.8. The molecule has 2 aromatic rings. The molecule has 1 aliphatic carbocycles. The van der Waals surface area contributed by atoms with Crippen LogP contribution in [-0.2, 0) is 27.2 Å². The van der Waals surface area contributed by atoms with Crippen LogP contribution < -0.4 is 10.0 Å². The molecule has 2 fully saturated rings. The Balaban J connectivity index is 1.80. The zero-order valence-electron chi connectivity index (χ0n) is 28.2. The Morgan fingerprint density at radius 3 is 2.38 bits per heavy atom. The number of nitrogens with zero attached hydrogens (tertiary/aromatic N) is 4. The van der Waals surface area contributed by atoms with E-state index in [2.05, 4.69) is 29.7 Å². The third-order valence-electron chi connectivity index (χ3n) is 8.17. The van der Waals surface area contributed by atoms with Crippen LogP contribution in [-0.4, -0.2) is 86.5 Å². The van der Waals surface area contributed by atoms with E-state index < -0.39 is 79.3 Å². The molecule has 0 bridgehead atoms. The molecule has 0 spiro atoms. The first-order chi connectivity index (χ1) is 21.6. The van der Waals surface area contributed by atoms with Gasteiger partial charge in [-0.05, 0) is 71.6 Å². The minimum absolute atomic E-state index is 0.0218. The van der Waals surface area contributed by atoms with Gasteiger partial charge in [0.2, 0.25) is 0 Å². The van der Waals surface area contributed by atoms with E-state index >= 15 is 0 Å². The second-order valence-corrected chi connectivity index (χ2v) is 22.4. The van der Waals surface area contributed by atoms with E-state index in [1.54, 1.807) is 37.5 Å². The second-order valence-electron chi connectivity index (χ2n) is 14.8. The van der Waals surface area contributed by atoms with Crippen LogP contribution in [0.2, 0.25) is 25.7 Å². The molecular weight excluding hydrogens is 664 g/mol. The number of rotatable bonds is 14. The normalized spacial score (nSPS) is 21.0. The lowest BCUT2D eigenvalue weighted by Gasteiger charge is -2.38. The molecule has 0 radical (unpaired) electrons. The molecule has 17 heteroatoms. The van der Waals surface area contributed by atoms with E-state index in [0.29, 0.717) is 17.8 Å². The molecule has 1 aliphatic heterocycles. The number of aromatic nitrogens is 3. The first kappa shape index (κ1) is 37.6. The number of halogens is 5. The maximum atomic E-state index is 14.4. The molecule has 1 saturated carbocycles. The molecule has 3 heterocycles. The van der Waals surface area contributed by atoms with Crippen molar-refractivity contribution < 1.29 is 40.4 Å². The highest BCUT2D eigenvalue weighted by atomic mass is 32.2. The number of carbonyl (C=O) groups excluding carboxylic acids is 1. The Morgan fingerprint density at radius 2 is 1.81 bits per heavy atom. The predicted molar refractivity (Wildman–Crippen MR) is 172 cm³/mol. The van der Waals surface area contributed by atoms with Crippen molar-refractivity contribution in [3.05, 3.63) is 23.7 Å². The second kappa shape index (κ2) is 14.0. The zero-order valence-corrected chi connectivity index (χ0v) is 30.0. The molecule has 1 unspecified atom stereocenters. The van der Waals surface area contributed by atoms with E-state index in [1.807, 2.05) is 0 Å². The van der Waals surface area contributed by atoms with Crippen LogP contribution in [0.3, 0.4) is 0 Å². The number of carbonyl (C=O) groups is 1. The number of urea groups is 1. The van der Waals surface area contributed by atoms with Gasteiger partial charge in [0.05, 0.1) is 52.2 Å². The number of ether oxygens (including phenoxy) is 2. The molecule has 10 nitrogen and oxygen atoms in total. The van der Waals surface area contributed by atoms with Crippen LogP contribution in [0.15, 0.2) is 12.1 Å². The minimum Gasteiger partial charge on any atom is -0.364 e. The third-order valence-corrected chi connectivity index (χ3v) is 11.5. The molecule has 2 aromatic heterocycles. The molecule has 1 saturated heterocycles. The van der Waals surface area contributed by atoms with Crippen molar-refractivity contribution in [2.24, 2.45) is 5.92 Å². The van der Waals surface area contributed by atoms with Crippen molar-refractivity contribution >= 4 is 36.3 Å². The summed E-state index contributed by atoms with van der Waals surface area (Å²) in [7, 11) is -3.20. The SMILES string of the molecule is C[C@@H](O[C@H](C)C(F)(F)F)[C@H](NS(=O)C(C)(C)C)c1nc2nc([C@@H](C3CC3)N3CC(F)(F)CNC3=O)ccc2n1COCC[Si](C)(C)C. The van der Waals surface area contributed by atoms with Gasteiger partial charge in [0, 0.05) is 14.7 Å². The van der Waals surface area contributed by atoms with Gasteiger partial charge < -0.3 is 24.3 Å². The van der Waals surface area contributed by atoms with Gasteiger partial charge in [-0.2, -0.15) is 13.2 Å². The van der Waals surface area contributed by atoms with Crippen molar-refractivity contribution in [3.8, 4) is 0 Å². The van der Waals surface area contributed by atoms with E-state index in [1.165, 1.54) is 6.92 Å². The number of nitrogens with one attached hydrogen (secondary N) is 2. The summed E-state index contributed by atoms with van der Waals surface area (Å²) in [6.07, 6.45) is -6.43. The molecule has 5 atom stereocenters. The van der Waals surface area contributed by atoms with Gasteiger partial charge in [0.1, 0.15) is 18.6 Å². The monoisotopic (exact) mass is 710 g/mol. The number of imidazole rings is 1. The fraction of sp³-hybridized carbons (Fsp3) is 0.767. The minimum atomic E-state index is -4.63. The summed E-state index contributed by atoms with van der Waals surface area (Å²) in [4.78, 5) is 23.4. The van der Waals surface area contributed by atoms with E-state index in [9.17, 15) is 31.0 Å². The summed E-state index contributed by atoms with van der Waals surface area (Å²) in [5.41, 5.74) is 1.04. The predicted octanol–water partition coefficient (Wildman–Crippen LogP) is 6.30. The smallest absolute Gasteiger partial charge is 0.364 e. The van der Waals surface area contributed by atoms with Crippen LogP contribution in [0.5, 0.6) is 0 Å². The van der Waals surface area contributed by atoms with Crippen molar-refractivity contribution in [2.75, 3.05) is 19.7 Å². The van der Waals surface area contributed by atoms with Gasteiger partial charge in [-0.15, -0.1) is 0 Å². The number of hydrogen-bond acceptors (Lipinski definition) is 6.